The van der Waals surface area contributed by atoms with Crippen LogP contribution in [0.1, 0.15) is 32.3 Å². The van der Waals surface area contributed by atoms with E-state index in [9.17, 15) is 29.4 Å². The van der Waals surface area contributed by atoms with E-state index in [1.165, 1.54) is 12.1 Å². The molecular formula is C22H34N4O6S. The molecule has 4 unspecified atom stereocenters. The third kappa shape index (κ3) is 10.1. The van der Waals surface area contributed by atoms with Crippen molar-refractivity contribution < 1.29 is 29.4 Å². The van der Waals surface area contributed by atoms with E-state index < -0.39 is 41.8 Å². The molecule has 7 N–H and O–H groups in total. The summed E-state index contributed by atoms with van der Waals surface area (Å²) in [6, 6.07) is 3.07. The molecule has 0 spiro atoms. The number of rotatable bonds is 14. The second-order valence-corrected chi connectivity index (χ2v) is 8.79. The number of aliphatic carboxylic acids is 1. The number of hydrogen-bond acceptors (Lipinski definition) is 7. The lowest BCUT2D eigenvalue weighted by atomic mass is 9.97. The van der Waals surface area contributed by atoms with Gasteiger partial charge in [0.25, 0.3) is 0 Å². The highest BCUT2D eigenvalue weighted by atomic mass is 32.2. The molecule has 0 saturated heterocycles. The first kappa shape index (κ1) is 28.2. The van der Waals surface area contributed by atoms with Gasteiger partial charge in [0.15, 0.2) is 0 Å². The summed E-state index contributed by atoms with van der Waals surface area (Å²) < 4.78 is 0. The van der Waals surface area contributed by atoms with Crippen LogP contribution < -0.4 is 21.7 Å². The topological polar surface area (TPSA) is 171 Å². The second-order valence-electron chi connectivity index (χ2n) is 7.81. The van der Waals surface area contributed by atoms with Crippen LogP contribution in [0.2, 0.25) is 0 Å². The SMILES string of the molecule is CCC(C)C(NC(=O)CNC(=O)C(N)CCSC)C(=O)NC(Cc1ccc(O)cc1)C(=O)O. The minimum Gasteiger partial charge on any atom is -0.508 e. The summed E-state index contributed by atoms with van der Waals surface area (Å²) in [6.45, 7) is 3.26. The van der Waals surface area contributed by atoms with Crippen LogP contribution in [-0.4, -0.2) is 70.6 Å². The van der Waals surface area contributed by atoms with E-state index in [4.69, 9.17) is 5.73 Å². The van der Waals surface area contributed by atoms with Crippen molar-refractivity contribution in [1.82, 2.24) is 16.0 Å². The van der Waals surface area contributed by atoms with Crippen LogP contribution in [0.25, 0.3) is 0 Å². The molecule has 1 rings (SSSR count). The average molecular weight is 483 g/mol. The quantitative estimate of drug-likeness (QED) is 0.219. The van der Waals surface area contributed by atoms with Crippen molar-refractivity contribution in [2.45, 2.75) is 51.2 Å². The number of phenolic OH excluding ortho intramolecular Hbond substituents is 1. The molecule has 3 amide bonds. The highest BCUT2D eigenvalue weighted by molar-refractivity contribution is 7.98. The number of carboxylic acid groups (broad SMARTS) is 1. The Morgan fingerprint density at radius 2 is 1.73 bits per heavy atom. The Bertz CT molecular complexity index is 805. The maximum absolute atomic E-state index is 12.9. The van der Waals surface area contributed by atoms with Gasteiger partial charge in [0.1, 0.15) is 17.8 Å². The van der Waals surface area contributed by atoms with Crippen LogP contribution in [0.15, 0.2) is 24.3 Å². The highest BCUT2D eigenvalue weighted by Gasteiger charge is 2.30. The Morgan fingerprint density at radius 3 is 2.27 bits per heavy atom. The predicted octanol–water partition coefficient (Wildman–Crippen LogP) is 0.232. The Kier molecular flexibility index (Phi) is 12.3. The smallest absolute Gasteiger partial charge is 0.326 e. The fraction of sp³-hybridized carbons (Fsp3) is 0.545. The standard InChI is InChI=1S/C22H34N4O6S/c1-4-13(2)19(26-18(28)12-24-20(29)16(23)9-10-33-3)21(30)25-17(22(31)32)11-14-5-7-15(27)8-6-14/h5-8,13,16-17,19,27H,4,9-12,23H2,1-3H3,(H,24,29)(H,25,30)(H,26,28)(H,31,32). The normalized spacial score (nSPS) is 14.4. The van der Waals surface area contributed by atoms with Gasteiger partial charge in [-0.05, 0) is 42.0 Å². The van der Waals surface area contributed by atoms with E-state index in [2.05, 4.69) is 16.0 Å². The Balaban J connectivity index is 2.75. The number of nitrogens with two attached hydrogens (primary N) is 1. The molecule has 1 aromatic rings. The summed E-state index contributed by atoms with van der Waals surface area (Å²) in [5.41, 5.74) is 6.39. The molecule has 0 heterocycles. The number of hydrogen-bond donors (Lipinski definition) is 6. The fourth-order valence-electron chi connectivity index (χ4n) is 2.93. The van der Waals surface area contributed by atoms with Gasteiger partial charge in [0.05, 0.1) is 12.6 Å². The van der Waals surface area contributed by atoms with E-state index in [1.807, 2.05) is 13.2 Å². The number of carbonyl (C=O) groups is 4. The monoisotopic (exact) mass is 482 g/mol. The van der Waals surface area contributed by atoms with Crippen molar-refractivity contribution in [3.05, 3.63) is 29.8 Å². The lowest BCUT2D eigenvalue weighted by Crippen LogP contribution is -2.56. The molecule has 184 valence electrons. The number of amides is 3. The van der Waals surface area contributed by atoms with Crippen molar-refractivity contribution in [2.24, 2.45) is 11.7 Å². The van der Waals surface area contributed by atoms with Gasteiger partial charge in [0.2, 0.25) is 17.7 Å². The van der Waals surface area contributed by atoms with Crippen LogP contribution in [-0.2, 0) is 25.6 Å². The third-order valence-electron chi connectivity index (χ3n) is 5.20. The molecule has 0 radical (unpaired) electrons. The number of phenols is 1. The van der Waals surface area contributed by atoms with Gasteiger partial charge in [-0.3, -0.25) is 14.4 Å². The largest absolute Gasteiger partial charge is 0.508 e. The van der Waals surface area contributed by atoms with E-state index >= 15 is 0 Å². The van der Waals surface area contributed by atoms with Crippen LogP contribution in [0.3, 0.4) is 0 Å². The van der Waals surface area contributed by atoms with E-state index in [1.54, 1.807) is 30.8 Å². The molecule has 11 heteroatoms. The molecule has 1 aromatic carbocycles. The first-order valence-corrected chi connectivity index (χ1v) is 12.1. The zero-order valence-corrected chi connectivity index (χ0v) is 20.0. The third-order valence-corrected chi connectivity index (χ3v) is 5.84. The lowest BCUT2D eigenvalue weighted by Gasteiger charge is -2.25. The van der Waals surface area contributed by atoms with Gasteiger partial charge >= 0.3 is 5.97 Å². The first-order valence-electron chi connectivity index (χ1n) is 10.7. The molecule has 0 fully saturated rings. The van der Waals surface area contributed by atoms with Crippen molar-refractivity contribution in [1.29, 1.82) is 0 Å². The zero-order valence-electron chi connectivity index (χ0n) is 19.2. The number of carbonyl (C=O) groups excluding carboxylic acids is 3. The average Bonchev–Trinajstić information content (AvgIpc) is 2.79. The van der Waals surface area contributed by atoms with Crippen LogP contribution in [0.4, 0.5) is 0 Å². The van der Waals surface area contributed by atoms with Crippen molar-refractivity contribution >= 4 is 35.5 Å². The molecule has 10 nitrogen and oxygen atoms in total. The summed E-state index contributed by atoms with van der Waals surface area (Å²) in [4.78, 5) is 48.9. The number of nitrogens with one attached hydrogen (secondary N) is 3. The Morgan fingerprint density at radius 1 is 1.09 bits per heavy atom. The second kappa shape index (κ2) is 14.4. The summed E-state index contributed by atoms with van der Waals surface area (Å²) >= 11 is 1.56. The van der Waals surface area contributed by atoms with Crippen molar-refractivity contribution in [3.63, 3.8) is 0 Å². The fourth-order valence-corrected chi connectivity index (χ4v) is 3.42. The van der Waals surface area contributed by atoms with E-state index in [0.29, 0.717) is 24.2 Å². The molecular weight excluding hydrogens is 448 g/mol. The van der Waals surface area contributed by atoms with E-state index in [0.717, 1.165) is 0 Å². The molecule has 0 bridgehead atoms. The minimum absolute atomic E-state index is 0.00647. The molecule has 0 saturated carbocycles. The summed E-state index contributed by atoms with van der Waals surface area (Å²) in [5.74, 6) is -2.41. The Labute approximate surface area is 198 Å². The van der Waals surface area contributed by atoms with Gasteiger partial charge in [-0.25, -0.2) is 4.79 Å². The molecule has 4 atom stereocenters. The summed E-state index contributed by atoms with van der Waals surface area (Å²) in [7, 11) is 0. The van der Waals surface area contributed by atoms with Gasteiger partial charge in [0, 0.05) is 6.42 Å². The maximum Gasteiger partial charge on any atom is 0.326 e. The van der Waals surface area contributed by atoms with Gasteiger partial charge < -0.3 is 31.9 Å². The molecule has 0 aliphatic rings. The maximum atomic E-state index is 12.9. The van der Waals surface area contributed by atoms with Gasteiger partial charge in [-0.15, -0.1) is 0 Å². The van der Waals surface area contributed by atoms with Gasteiger partial charge in [-0.2, -0.15) is 11.8 Å². The molecule has 33 heavy (non-hydrogen) atoms. The Hall–Kier alpha value is -2.79. The first-order chi connectivity index (χ1) is 15.6. The summed E-state index contributed by atoms with van der Waals surface area (Å²) in [5, 5.41) is 26.4. The van der Waals surface area contributed by atoms with Gasteiger partial charge in [-0.1, -0.05) is 32.4 Å². The number of benzene rings is 1. The highest BCUT2D eigenvalue weighted by Crippen LogP contribution is 2.13. The lowest BCUT2D eigenvalue weighted by molar-refractivity contribution is -0.142. The predicted molar refractivity (Wildman–Crippen MR) is 127 cm³/mol. The van der Waals surface area contributed by atoms with E-state index in [-0.39, 0.29) is 24.6 Å². The molecule has 0 aliphatic heterocycles. The van der Waals surface area contributed by atoms with Crippen LogP contribution in [0, 0.1) is 5.92 Å². The summed E-state index contributed by atoms with van der Waals surface area (Å²) in [6.07, 6.45) is 2.94. The number of aromatic hydroxyl groups is 1. The number of carboxylic acids is 1. The zero-order chi connectivity index (χ0) is 25.0. The molecule has 0 aromatic heterocycles. The van der Waals surface area contributed by atoms with Crippen molar-refractivity contribution in [3.8, 4) is 5.75 Å². The van der Waals surface area contributed by atoms with Crippen molar-refractivity contribution in [2.75, 3.05) is 18.6 Å². The van der Waals surface area contributed by atoms with Crippen LogP contribution >= 0.6 is 11.8 Å². The van der Waals surface area contributed by atoms with Crippen LogP contribution in [0.5, 0.6) is 5.75 Å². The minimum atomic E-state index is -1.22. The molecule has 0 aliphatic carbocycles. The number of thioether (sulfide) groups is 1.